The first-order chi connectivity index (χ1) is 11.6. The highest BCUT2D eigenvalue weighted by Gasteiger charge is 2.12. The summed E-state index contributed by atoms with van der Waals surface area (Å²) in [5.41, 5.74) is 0. The molecule has 0 heterocycles. The molecule has 0 saturated heterocycles. The number of hydrogen-bond acceptors (Lipinski definition) is 3. The van der Waals surface area contributed by atoms with Crippen LogP contribution < -0.4 is 0 Å². The van der Waals surface area contributed by atoms with E-state index in [-0.39, 0.29) is 18.8 Å². The smallest absolute Gasteiger partial charge is 0.301 e. The molecule has 1 N–H and O–H groups in total. The first-order valence-corrected chi connectivity index (χ1v) is 11.0. The van der Waals surface area contributed by atoms with Crippen molar-refractivity contribution in [2.24, 2.45) is 0 Å². The summed E-state index contributed by atoms with van der Waals surface area (Å²) in [5.74, 6) is 0. The van der Waals surface area contributed by atoms with Crippen LogP contribution in [0.1, 0.15) is 104 Å². The Balaban J connectivity index is 3.45. The van der Waals surface area contributed by atoms with Crippen LogP contribution in [0.5, 0.6) is 0 Å². The van der Waals surface area contributed by atoms with Gasteiger partial charge in [-0.2, -0.15) is 4.21 Å². The van der Waals surface area contributed by atoms with Crippen molar-refractivity contribution < 1.29 is 17.7 Å². The zero-order chi connectivity index (χ0) is 18.0. The van der Waals surface area contributed by atoms with Gasteiger partial charge in [0, 0.05) is 0 Å². The van der Waals surface area contributed by atoms with Gasteiger partial charge >= 0.3 is 11.4 Å². The van der Waals surface area contributed by atoms with Gasteiger partial charge in [0.25, 0.3) is 0 Å². The highest BCUT2D eigenvalue weighted by Crippen LogP contribution is 2.14. The molecule has 24 heavy (non-hydrogen) atoms. The molecule has 0 aromatic carbocycles. The normalized spacial score (nSPS) is 14.2. The lowest BCUT2D eigenvalue weighted by molar-refractivity contribution is -0.0216. The van der Waals surface area contributed by atoms with E-state index in [1.165, 1.54) is 70.6 Å². The van der Waals surface area contributed by atoms with Crippen LogP contribution in [0.3, 0.4) is 0 Å². The number of hydrogen-bond donors (Lipinski definition) is 1. The van der Waals surface area contributed by atoms with Crippen molar-refractivity contribution in [2.45, 2.75) is 116 Å². The van der Waals surface area contributed by atoms with Gasteiger partial charge in [0.2, 0.25) is 0 Å². The third-order valence-corrected chi connectivity index (χ3v) is 4.54. The van der Waals surface area contributed by atoms with E-state index in [2.05, 4.69) is 6.92 Å². The van der Waals surface area contributed by atoms with Crippen molar-refractivity contribution in [1.29, 1.82) is 0 Å². The van der Waals surface area contributed by atoms with Crippen LogP contribution in [0.4, 0.5) is 0 Å². The van der Waals surface area contributed by atoms with Gasteiger partial charge < -0.3 is 4.74 Å². The third-order valence-electron chi connectivity index (χ3n) is 4.20. The highest BCUT2D eigenvalue weighted by atomic mass is 32.2. The number of rotatable bonds is 18. The summed E-state index contributed by atoms with van der Waals surface area (Å²) >= 11 is -2.20. The monoisotopic (exact) mass is 364 g/mol. The molecule has 0 saturated carbocycles. The minimum absolute atomic E-state index is 0.0794. The number of ether oxygens (including phenoxy) is 1. The predicted molar refractivity (Wildman–Crippen MR) is 102 cm³/mol. The summed E-state index contributed by atoms with van der Waals surface area (Å²) in [6, 6.07) is 0. The fourth-order valence-corrected chi connectivity index (χ4v) is 3.19. The second-order valence-corrected chi connectivity index (χ2v) is 7.66. The SMILES string of the molecule is CCCCCCCCCCCCCCC(COS(=O)O)OC(C)C. The third kappa shape index (κ3) is 18.4. The molecule has 146 valence electrons. The van der Waals surface area contributed by atoms with Gasteiger partial charge in [-0.25, -0.2) is 0 Å². The largest absolute Gasteiger partial charge is 0.373 e. The molecule has 0 fully saturated rings. The Labute approximate surface area is 152 Å². The molecule has 2 unspecified atom stereocenters. The van der Waals surface area contributed by atoms with Crippen molar-refractivity contribution in [3.05, 3.63) is 0 Å². The lowest BCUT2D eigenvalue weighted by atomic mass is 10.0. The van der Waals surface area contributed by atoms with Crippen molar-refractivity contribution in [3.8, 4) is 0 Å². The standard InChI is InChI=1S/C19H40O4S/c1-4-5-6-7-8-9-10-11-12-13-14-15-16-19(23-18(2)3)17-22-24(20)21/h18-19H,4-17H2,1-3H3,(H,20,21). The van der Waals surface area contributed by atoms with Crippen LogP contribution in [-0.2, 0) is 20.3 Å². The van der Waals surface area contributed by atoms with Crippen LogP contribution in [0.15, 0.2) is 0 Å². The van der Waals surface area contributed by atoms with E-state index < -0.39 is 11.4 Å². The summed E-state index contributed by atoms with van der Waals surface area (Å²) in [5, 5.41) is 0. The summed E-state index contributed by atoms with van der Waals surface area (Å²) < 4.78 is 29.8. The van der Waals surface area contributed by atoms with Gasteiger partial charge in [-0.15, -0.1) is 0 Å². The second kappa shape index (κ2) is 17.8. The quantitative estimate of drug-likeness (QED) is 0.238. The first-order valence-electron chi connectivity index (χ1n) is 9.95. The molecule has 2 atom stereocenters. The van der Waals surface area contributed by atoms with Crippen LogP contribution in [-0.4, -0.2) is 27.6 Å². The highest BCUT2D eigenvalue weighted by molar-refractivity contribution is 7.74. The molecule has 0 aromatic rings. The Morgan fingerprint density at radius 2 is 1.29 bits per heavy atom. The maximum atomic E-state index is 10.6. The molecule has 0 amide bonds. The lowest BCUT2D eigenvalue weighted by Gasteiger charge is -2.19. The average Bonchev–Trinajstić information content (AvgIpc) is 2.52. The molecule has 0 spiro atoms. The molecular formula is C19H40O4S. The Kier molecular flexibility index (Phi) is 17.9. The minimum Gasteiger partial charge on any atom is -0.373 e. The second-order valence-electron chi connectivity index (χ2n) is 6.99. The molecule has 0 aliphatic heterocycles. The van der Waals surface area contributed by atoms with Gasteiger partial charge in [-0.3, -0.25) is 8.74 Å². The van der Waals surface area contributed by atoms with Crippen molar-refractivity contribution >= 4 is 11.4 Å². The van der Waals surface area contributed by atoms with Gasteiger partial charge in [-0.05, 0) is 20.3 Å². The molecule has 0 radical (unpaired) electrons. The van der Waals surface area contributed by atoms with Crippen molar-refractivity contribution in [2.75, 3.05) is 6.61 Å². The van der Waals surface area contributed by atoms with Crippen LogP contribution in [0.2, 0.25) is 0 Å². The predicted octanol–water partition coefficient (Wildman–Crippen LogP) is 6.02. The summed E-state index contributed by atoms with van der Waals surface area (Å²) in [7, 11) is 0. The Hall–Kier alpha value is 0.0300. The topological polar surface area (TPSA) is 55.8 Å². The fraction of sp³-hybridized carbons (Fsp3) is 1.00. The lowest BCUT2D eigenvalue weighted by Crippen LogP contribution is -2.24. The molecule has 0 rings (SSSR count). The zero-order valence-corrected chi connectivity index (χ0v) is 17.0. The van der Waals surface area contributed by atoms with Crippen LogP contribution >= 0.6 is 0 Å². The minimum atomic E-state index is -2.20. The van der Waals surface area contributed by atoms with E-state index in [0.717, 1.165) is 12.8 Å². The van der Waals surface area contributed by atoms with Crippen molar-refractivity contribution in [1.82, 2.24) is 0 Å². The zero-order valence-electron chi connectivity index (χ0n) is 16.1. The van der Waals surface area contributed by atoms with E-state index in [1.807, 2.05) is 13.8 Å². The summed E-state index contributed by atoms with van der Waals surface area (Å²) in [6.45, 7) is 6.41. The maximum Gasteiger partial charge on any atom is 0.301 e. The molecule has 0 aliphatic carbocycles. The fourth-order valence-electron chi connectivity index (χ4n) is 2.92. The molecule has 5 heteroatoms. The van der Waals surface area contributed by atoms with Gasteiger partial charge in [-0.1, -0.05) is 84.0 Å². The van der Waals surface area contributed by atoms with Crippen LogP contribution in [0.25, 0.3) is 0 Å². The summed E-state index contributed by atoms with van der Waals surface area (Å²) in [6.07, 6.45) is 16.9. The summed E-state index contributed by atoms with van der Waals surface area (Å²) in [4.78, 5) is 0. The maximum absolute atomic E-state index is 10.6. The molecule has 0 bridgehead atoms. The van der Waals surface area contributed by atoms with E-state index in [4.69, 9.17) is 13.5 Å². The van der Waals surface area contributed by atoms with Gasteiger partial charge in [0.05, 0.1) is 18.8 Å². The molecule has 0 aliphatic rings. The van der Waals surface area contributed by atoms with E-state index >= 15 is 0 Å². The van der Waals surface area contributed by atoms with E-state index in [1.54, 1.807) is 0 Å². The van der Waals surface area contributed by atoms with Crippen molar-refractivity contribution in [3.63, 3.8) is 0 Å². The Morgan fingerprint density at radius 1 is 0.833 bits per heavy atom. The Bertz CT molecular complexity index is 285. The first kappa shape index (κ1) is 24.0. The Morgan fingerprint density at radius 3 is 1.71 bits per heavy atom. The van der Waals surface area contributed by atoms with Crippen LogP contribution in [0, 0.1) is 0 Å². The van der Waals surface area contributed by atoms with Gasteiger partial charge in [0.15, 0.2) is 0 Å². The molecule has 0 aromatic heterocycles. The molecular weight excluding hydrogens is 324 g/mol. The van der Waals surface area contributed by atoms with Gasteiger partial charge in [0.1, 0.15) is 0 Å². The van der Waals surface area contributed by atoms with E-state index in [9.17, 15) is 4.21 Å². The number of unbranched alkanes of at least 4 members (excludes halogenated alkanes) is 11. The average molecular weight is 365 g/mol. The molecule has 4 nitrogen and oxygen atoms in total. The van der Waals surface area contributed by atoms with E-state index in [0.29, 0.717) is 0 Å².